The summed E-state index contributed by atoms with van der Waals surface area (Å²) >= 11 is 0. The van der Waals surface area contributed by atoms with Gasteiger partial charge in [-0.25, -0.2) is 5.84 Å². The smallest absolute Gasteiger partial charge is 0.0740 e. The fourth-order valence-electron chi connectivity index (χ4n) is 1.59. The van der Waals surface area contributed by atoms with E-state index in [0.29, 0.717) is 5.70 Å². The van der Waals surface area contributed by atoms with Gasteiger partial charge < -0.3 is 10.7 Å². The minimum Gasteiger partial charge on any atom is -0.403 e. The van der Waals surface area contributed by atoms with E-state index in [2.05, 4.69) is 11.6 Å². The molecule has 0 radical (unpaired) electrons. The van der Waals surface area contributed by atoms with Crippen LogP contribution in [0, 0.1) is 13.8 Å². The highest BCUT2D eigenvalue weighted by molar-refractivity contribution is 5.76. The molecule has 0 aliphatic carbocycles. The van der Waals surface area contributed by atoms with Crippen LogP contribution < -0.4 is 11.6 Å². The first kappa shape index (κ1) is 12.3. The summed E-state index contributed by atoms with van der Waals surface area (Å²) in [7, 11) is 1.73. The van der Waals surface area contributed by atoms with Crippen molar-refractivity contribution < 1.29 is 0 Å². The Labute approximate surface area is 96.2 Å². The highest BCUT2D eigenvalue weighted by Gasteiger charge is 2.08. The summed E-state index contributed by atoms with van der Waals surface area (Å²) in [6.45, 7) is 7.89. The van der Waals surface area contributed by atoms with Gasteiger partial charge in [-0.2, -0.15) is 0 Å². The van der Waals surface area contributed by atoms with Gasteiger partial charge in [-0.3, -0.25) is 4.98 Å². The molecule has 1 rings (SSSR count). The van der Waals surface area contributed by atoms with Crippen LogP contribution in [0.25, 0.3) is 5.57 Å². The van der Waals surface area contributed by atoms with E-state index in [1.54, 1.807) is 7.05 Å². The third-order valence-electron chi connectivity index (χ3n) is 2.28. The molecule has 4 N–H and O–H groups in total. The molecule has 0 saturated heterocycles. The van der Waals surface area contributed by atoms with E-state index in [1.807, 2.05) is 26.0 Å². The molecule has 1 aromatic rings. The van der Waals surface area contributed by atoms with Crippen molar-refractivity contribution in [2.45, 2.75) is 13.8 Å². The number of rotatable bonds is 3. The van der Waals surface area contributed by atoms with Gasteiger partial charge >= 0.3 is 0 Å². The van der Waals surface area contributed by atoms with Crippen LogP contribution in [-0.2, 0) is 0 Å². The fourth-order valence-corrected chi connectivity index (χ4v) is 1.59. The molecule has 0 spiro atoms. The lowest BCUT2D eigenvalue weighted by Crippen LogP contribution is -2.26. The van der Waals surface area contributed by atoms with Crippen LogP contribution in [0.4, 0.5) is 0 Å². The maximum Gasteiger partial charge on any atom is 0.0740 e. The highest BCUT2D eigenvalue weighted by atomic mass is 15.4. The molecule has 0 aliphatic heterocycles. The molecule has 86 valence electrons. The average molecular weight is 218 g/mol. The first-order valence-corrected chi connectivity index (χ1v) is 5.01. The molecule has 0 unspecified atom stereocenters. The van der Waals surface area contributed by atoms with Gasteiger partial charge in [0.05, 0.1) is 5.70 Å². The van der Waals surface area contributed by atoms with Crippen LogP contribution in [0.2, 0.25) is 0 Å². The van der Waals surface area contributed by atoms with E-state index in [9.17, 15) is 0 Å². The van der Waals surface area contributed by atoms with Crippen LogP contribution >= 0.6 is 0 Å². The summed E-state index contributed by atoms with van der Waals surface area (Å²) in [5, 5.41) is 1.45. The van der Waals surface area contributed by atoms with Gasteiger partial charge in [0.25, 0.3) is 0 Å². The Bertz CT molecular complexity index is 412. The number of aromatic nitrogens is 1. The van der Waals surface area contributed by atoms with E-state index in [4.69, 9.17) is 11.6 Å². The third kappa shape index (κ3) is 2.61. The molecule has 0 fully saturated rings. The number of likely N-dealkylation sites (N-methyl/N-ethyl adjacent to an activating group) is 1. The topological polar surface area (TPSA) is 68.2 Å². The summed E-state index contributed by atoms with van der Waals surface area (Å²) in [5.41, 5.74) is 9.91. The normalized spacial score (nSPS) is 11.4. The SMILES string of the molecule is C=C(/C(=C/N)N(C)N)c1cc(C)nc(C)c1. The second-order valence-corrected chi connectivity index (χ2v) is 3.78. The summed E-state index contributed by atoms with van der Waals surface area (Å²) < 4.78 is 0. The van der Waals surface area contributed by atoms with E-state index in [1.165, 1.54) is 11.2 Å². The van der Waals surface area contributed by atoms with Crippen molar-refractivity contribution in [2.75, 3.05) is 7.05 Å². The van der Waals surface area contributed by atoms with Crippen LogP contribution in [0.3, 0.4) is 0 Å². The van der Waals surface area contributed by atoms with Gasteiger partial charge in [-0.1, -0.05) is 6.58 Å². The monoisotopic (exact) mass is 218 g/mol. The van der Waals surface area contributed by atoms with Crippen molar-refractivity contribution >= 4 is 5.57 Å². The predicted octanol–water partition coefficient (Wildman–Crippen LogP) is 1.32. The quantitative estimate of drug-likeness (QED) is 0.456. The largest absolute Gasteiger partial charge is 0.403 e. The standard InChI is InChI=1S/C12H18N4/c1-8-5-11(6-9(2)15-8)10(3)12(7-13)16(4)14/h5-7H,3,13-14H2,1-2,4H3/b12-7-. The molecule has 0 bridgehead atoms. The molecule has 0 saturated carbocycles. The van der Waals surface area contributed by atoms with Gasteiger partial charge in [0.1, 0.15) is 0 Å². The number of hydrogen-bond donors (Lipinski definition) is 2. The molecular weight excluding hydrogens is 200 g/mol. The zero-order valence-corrected chi connectivity index (χ0v) is 9.99. The summed E-state index contributed by atoms with van der Waals surface area (Å²) in [5.74, 6) is 5.67. The summed E-state index contributed by atoms with van der Waals surface area (Å²) in [4.78, 5) is 4.31. The number of hydrazine groups is 1. The molecule has 0 aromatic carbocycles. The maximum atomic E-state index is 5.67. The fraction of sp³-hybridized carbons (Fsp3) is 0.250. The molecular formula is C12H18N4. The third-order valence-corrected chi connectivity index (χ3v) is 2.28. The second-order valence-electron chi connectivity index (χ2n) is 3.78. The molecule has 16 heavy (non-hydrogen) atoms. The zero-order valence-electron chi connectivity index (χ0n) is 9.99. The number of allylic oxidation sites excluding steroid dienone is 1. The Morgan fingerprint density at radius 2 is 1.88 bits per heavy atom. The van der Waals surface area contributed by atoms with Crippen molar-refractivity contribution in [2.24, 2.45) is 11.6 Å². The van der Waals surface area contributed by atoms with Crippen molar-refractivity contribution in [1.29, 1.82) is 0 Å². The van der Waals surface area contributed by atoms with Crippen LogP contribution in [0.15, 0.2) is 30.6 Å². The Hall–Kier alpha value is -1.81. The molecule has 4 heteroatoms. The van der Waals surface area contributed by atoms with Crippen molar-refractivity contribution in [1.82, 2.24) is 9.99 Å². The van der Waals surface area contributed by atoms with Crippen LogP contribution in [0.5, 0.6) is 0 Å². The average Bonchev–Trinajstić information content (AvgIpc) is 2.16. The maximum absolute atomic E-state index is 5.67. The van der Waals surface area contributed by atoms with Crippen molar-refractivity contribution in [3.8, 4) is 0 Å². The molecule has 0 aliphatic rings. The minimum atomic E-state index is 0.699. The Morgan fingerprint density at radius 3 is 2.25 bits per heavy atom. The van der Waals surface area contributed by atoms with Crippen molar-refractivity contribution in [3.05, 3.63) is 47.6 Å². The molecule has 1 heterocycles. The summed E-state index contributed by atoms with van der Waals surface area (Å²) in [6.07, 6.45) is 1.45. The first-order valence-electron chi connectivity index (χ1n) is 5.01. The molecule has 0 amide bonds. The Kier molecular flexibility index (Phi) is 3.68. The zero-order chi connectivity index (χ0) is 12.3. The number of nitrogens with zero attached hydrogens (tertiary/aromatic N) is 2. The van der Waals surface area contributed by atoms with E-state index < -0.39 is 0 Å². The number of aryl methyl sites for hydroxylation is 2. The van der Waals surface area contributed by atoms with Gasteiger partial charge in [-0.05, 0) is 31.5 Å². The van der Waals surface area contributed by atoms with Crippen LogP contribution in [0.1, 0.15) is 17.0 Å². The lowest BCUT2D eigenvalue weighted by Gasteiger charge is -2.18. The van der Waals surface area contributed by atoms with Crippen LogP contribution in [-0.4, -0.2) is 17.0 Å². The first-order chi connectivity index (χ1) is 7.45. The highest BCUT2D eigenvalue weighted by Crippen LogP contribution is 2.22. The van der Waals surface area contributed by atoms with E-state index in [0.717, 1.165) is 22.5 Å². The van der Waals surface area contributed by atoms with Gasteiger partial charge in [0.15, 0.2) is 0 Å². The summed E-state index contributed by atoms with van der Waals surface area (Å²) in [6, 6.07) is 3.92. The number of pyridine rings is 1. The van der Waals surface area contributed by atoms with Crippen molar-refractivity contribution in [3.63, 3.8) is 0 Å². The van der Waals surface area contributed by atoms with Gasteiger partial charge in [0.2, 0.25) is 0 Å². The van der Waals surface area contributed by atoms with E-state index >= 15 is 0 Å². The van der Waals surface area contributed by atoms with Gasteiger partial charge in [-0.15, -0.1) is 0 Å². The lowest BCUT2D eigenvalue weighted by molar-refractivity contribution is 0.458. The molecule has 0 atom stereocenters. The number of hydrogen-bond acceptors (Lipinski definition) is 4. The van der Waals surface area contributed by atoms with Gasteiger partial charge in [0, 0.05) is 30.2 Å². The predicted molar refractivity (Wildman–Crippen MR) is 67.0 cm³/mol. The molecule has 1 aromatic heterocycles. The minimum absolute atomic E-state index is 0.699. The Morgan fingerprint density at radius 1 is 1.38 bits per heavy atom. The molecule has 4 nitrogen and oxygen atoms in total. The second kappa shape index (κ2) is 4.81. The Balaban J connectivity index is 3.14. The lowest BCUT2D eigenvalue weighted by atomic mass is 10.0. The van der Waals surface area contributed by atoms with E-state index in [-0.39, 0.29) is 0 Å². The number of nitrogens with two attached hydrogens (primary N) is 2.